The summed E-state index contributed by atoms with van der Waals surface area (Å²) in [7, 11) is 1.84. The highest BCUT2D eigenvalue weighted by Crippen LogP contribution is 2.31. The van der Waals surface area contributed by atoms with Gasteiger partial charge < -0.3 is 19.9 Å². The molecule has 0 radical (unpaired) electrons. The fourth-order valence-corrected chi connectivity index (χ4v) is 4.83. The number of hydrogen-bond donors (Lipinski definition) is 2. The van der Waals surface area contributed by atoms with Gasteiger partial charge in [-0.1, -0.05) is 12.0 Å². The zero-order valence-electron chi connectivity index (χ0n) is 21.0. The highest BCUT2D eigenvalue weighted by atomic mass is 16.5. The van der Waals surface area contributed by atoms with E-state index in [4.69, 9.17) is 4.74 Å². The Labute approximate surface area is 213 Å². The lowest BCUT2D eigenvalue weighted by molar-refractivity contribution is -0.113. The second kappa shape index (κ2) is 9.28. The van der Waals surface area contributed by atoms with Gasteiger partial charge in [-0.05, 0) is 54.1 Å². The average molecular weight is 501 g/mol. The molecule has 2 aliphatic rings. The molecule has 2 N–H and O–H groups in total. The van der Waals surface area contributed by atoms with Crippen LogP contribution in [0.5, 0.6) is 0 Å². The van der Waals surface area contributed by atoms with Gasteiger partial charge in [0.1, 0.15) is 11.5 Å². The van der Waals surface area contributed by atoms with E-state index >= 15 is 0 Å². The molecule has 37 heavy (non-hydrogen) atoms. The summed E-state index contributed by atoms with van der Waals surface area (Å²) in [6.45, 7) is 6.66. The summed E-state index contributed by atoms with van der Waals surface area (Å²) in [6, 6.07) is 9.75. The van der Waals surface area contributed by atoms with Crippen LogP contribution >= 0.6 is 0 Å². The molecule has 1 amide bonds. The number of nitrogens with one attached hydrogen (secondary N) is 2. The number of allylic oxidation sites excluding steroid dienone is 1. The van der Waals surface area contributed by atoms with Crippen LogP contribution in [0.3, 0.4) is 0 Å². The summed E-state index contributed by atoms with van der Waals surface area (Å²) in [4.78, 5) is 21.9. The fraction of sp³-hybridized carbons (Fsp3) is 0.360. The standard InChI is InChI=1S/C25H28N10O2/c1-4-18-13-34(9-10-37-18)22-11-16(7-8-26-22)23-19-12-17(5-6-21(19)28-29-23)27-24(36)20-14-35-25(30-31-32-35)33(3)15(20)2/h5-8,11-12,18H,4,9-10,13-14H2,1-3H3,(H,27,36)(H,28,29)/t18-/m0/s1. The van der Waals surface area contributed by atoms with E-state index in [1.807, 2.05) is 49.3 Å². The Hall–Kier alpha value is -4.32. The van der Waals surface area contributed by atoms with Gasteiger partial charge in [-0.15, -0.1) is 0 Å². The van der Waals surface area contributed by atoms with Crippen LogP contribution in [0.2, 0.25) is 0 Å². The van der Waals surface area contributed by atoms with Gasteiger partial charge in [-0.3, -0.25) is 9.89 Å². The quantitative estimate of drug-likeness (QED) is 0.425. The molecule has 0 aliphatic carbocycles. The summed E-state index contributed by atoms with van der Waals surface area (Å²) < 4.78 is 7.42. The normalized spacial score (nSPS) is 17.9. The average Bonchev–Trinajstić information content (AvgIpc) is 3.58. The first kappa shape index (κ1) is 23.1. The Morgan fingerprint density at radius 2 is 2.16 bits per heavy atom. The van der Waals surface area contributed by atoms with Gasteiger partial charge in [0.2, 0.25) is 5.95 Å². The molecule has 3 aromatic heterocycles. The highest BCUT2D eigenvalue weighted by molar-refractivity contribution is 6.06. The van der Waals surface area contributed by atoms with E-state index in [1.54, 1.807) is 4.68 Å². The number of ether oxygens (including phenoxy) is 1. The Morgan fingerprint density at radius 3 is 3.03 bits per heavy atom. The number of H-pyrrole nitrogens is 1. The minimum Gasteiger partial charge on any atom is -0.375 e. The molecule has 12 heteroatoms. The van der Waals surface area contributed by atoms with Crippen molar-refractivity contribution in [2.24, 2.45) is 0 Å². The molecule has 0 unspecified atom stereocenters. The molecule has 0 bridgehead atoms. The molecule has 1 aromatic carbocycles. The van der Waals surface area contributed by atoms with Crippen molar-refractivity contribution < 1.29 is 9.53 Å². The SMILES string of the molecule is CC[C@H]1CN(c2cc(-c3n[nH]c4ccc(NC(=O)C5=C(C)N(C)c6nnnn6C5)cc34)ccn2)CCO1. The van der Waals surface area contributed by atoms with Gasteiger partial charge in [0, 0.05) is 48.7 Å². The molecule has 1 atom stereocenters. The van der Waals surface area contributed by atoms with Gasteiger partial charge in [0.25, 0.3) is 5.91 Å². The van der Waals surface area contributed by atoms with Gasteiger partial charge in [0.15, 0.2) is 0 Å². The van der Waals surface area contributed by atoms with Crippen LogP contribution in [0.4, 0.5) is 17.5 Å². The number of rotatable bonds is 5. The molecule has 5 heterocycles. The van der Waals surface area contributed by atoms with Crippen LogP contribution < -0.4 is 15.1 Å². The van der Waals surface area contributed by atoms with Crippen molar-refractivity contribution in [3.63, 3.8) is 0 Å². The summed E-state index contributed by atoms with van der Waals surface area (Å²) in [5.41, 5.74) is 4.74. The maximum Gasteiger partial charge on any atom is 0.255 e. The molecular formula is C25H28N10O2. The predicted molar refractivity (Wildman–Crippen MR) is 139 cm³/mol. The van der Waals surface area contributed by atoms with Crippen LogP contribution in [0.25, 0.3) is 22.2 Å². The molecule has 2 aliphatic heterocycles. The number of hydrogen-bond acceptors (Lipinski definition) is 9. The molecular weight excluding hydrogens is 472 g/mol. The van der Waals surface area contributed by atoms with Crippen LogP contribution in [0, 0.1) is 0 Å². The van der Waals surface area contributed by atoms with Gasteiger partial charge in [-0.25, -0.2) is 9.67 Å². The van der Waals surface area contributed by atoms with E-state index in [0.29, 0.717) is 30.4 Å². The number of carbonyl (C=O) groups is 1. The molecule has 190 valence electrons. The van der Waals surface area contributed by atoms with Gasteiger partial charge in [0.05, 0.1) is 30.3 Å². The van der Waals surface area contributed by atoms with Crippen molar-refractivity contribution in [2.75, 3.05) is 41.9 Å². The predicted octanol–water partition coefficient (Wildman–Crippen LogP) is 2.59. The number of tetrazole rings is 1. The summed E-state index contributed by atoms with van der Waals surface area (Å²) in [6.07, 6.45) is 3.00. The monoisotopic (exact) mass is 500 g/mol. The molecule has 12 nitrogen and oxygen atoms in total. The molecule has 6 rings (SSSR count). The smallest absolute Gasteiger partial charge is 0.255 e. The van der Waals surface area contributed by atoms with E-state index in [-0.39, 0.29) is 12.0 Å². The number of morpholine rings is 1. The number of benzene rings is 1. The second-order valence-electron chi connectivity index (χ2n) is 9.30. The molecule has 1 fully saturated rings. The number of carbonyl (C=O) groups excluding carboxylic acids is 1. The zero-order valence-corrected chi connectivity index (χ0v) is 21.0. The number of anilines is 3. The summed E-state index contributed by atoms with van der Waals surface area (Å²) in [5, 5.41) is 23.4. The van der Waals surface area contributed by atoms with Crippen molar-refractivity contribution in [1.29, 1.82) is 0 Å². The first-order chi connectivity index (χ1) is 18.0. The van der Waals surface area contributed by atoms with Gasteiger partial charge >= 0.3 is 0 Å². The Kier molecular flexibility index (Phi) is 5.80. The molecule has 0 spiro atoms. The van der Waals surface area contributed by atoms with Crippen molar-refractivity contribution in [3.8, 4) is 11.3 Å². The number of nitrogens with zero attached hydrogens (tertiary/aromatic N) is 8. The highest BCUT2D eigenvalue weighted by Gasteiger charge is 2.27. The lowest BCUT2D eigenvalue weighted by atomic mass is 10.1. The number of aromatic amines is 1. The van der Waals surface area contributed by atoms with Crippen LogP contribution in [0.15, 0.2) is 47.8 Å². The van der Waals surface area contributed by atoms with E-state index in [0.717, 1.165) is 53.2 Å². The van der Waals surface area contributed by atoms with Crippen molar-refractivity contribution >= 4 is 34.3 Å². The van der Waals surface area contributed by atoms with Crippen LogP contribution in [-0.2, 0) is 16.1 Å². The van der Waals surface area contributed by atoms with Crippen LogP contribution in [0.1, 0.15) is 20.3 Å². The Morgan fingerprint density at radius 1 is 1.27 bits per heavy atom. The Balaban J connectivity index is 1.27. The van der Waals surface area contributed by atoms with Crippen molar-refractivity contribution in [1.82, 2.24) is 35.4 Å². The summed E-state index contributed by atoms with van der Waals surface area (Å²) >= 11 is 0. The minimum absolute atomic E-state index is 0.195. The first-order valence-corrected chi connectivity index (χ1v) is 12.3. The number of aromatic nitrogens is 7. The lowest BCUT2D eigenvalue weighted by Gasteiger charge is -2.33. The molecule has 4 aromatic rings. The fourth-order valence-electron chi connectivity index (χ4n) is 4.83. The maximum absolute atomic E-state index is 13.2. The second-order valence-corrected chi connectivity index (χ2v) is 9.30. The van der Waals surface area contributed by atoms with E-state index in [1.165, 1.54) is 0 Å². The number of fused-ring (bicyclic) bond motifs is 2. The third kappa shape index (κ3) is 4.18. The summed E-state index contributed by atoms with van der Waals surface area (Å²) in [5.74, 6) is 1.32. The van der Waals surface area contributed by atoms with Gasteiger partial charge in [-0.2, -0.15) is 5.10 Å². The first-order valence-electron chi connectivity index (χ1n) is 12.3. The third-order valence-corrected chi connectivity index (χ3v) is 7.09. The zero-order chi connectivity index (χ0) is 25.5. The van der Waals surface area contributed by atoms with E-state index < -0.39 is 0 Å². The largest absolute Gasteiger partial charge is 0.375 e. The van der Waals surface area contributed by atoms with E-state index in [2.05, 4.69) is 53.9 Å². The van der Waals surface area contributed by atoms with E-state index in [9.17, 15) is 4.79 Å². The van der Waals surface area contributed by atoms with Crippen molar-refractivity contribution in [3.05, 3.63) is 47.8 Å². The van der Waals surface area contributed by atoms with Crippen molar-refractivity contribution in [2.45, 2.75) is 32.9 Å². The maximum atomic E-state index is 13.2. The van der Waals surface area contributed by atoms with Crippen LogP contribution in [-0.4, -0.2) is 74.1 Å². The number of pyridine rings is 1. The number of amides is 1. The molecule has 1 saturated heterocycles. The minimum atomic E-state index is -0.195. The third-order valence-electron chi connectivity index (χ3n) is 7.09. The lowest BCUT2D eigenvalue weighted by Crippen LogP contribution is -2.42. The molecule has 0 saturated carbocycles. The Bertz CT molecular complexity index is 1510. The topological polar surface area (TPSA) is 130 Å².